The second kappa shape index (κ2) is 4.33. The van der Waals surface area contributed by atoms with Gasteiger partial charge in [-0.2, -0.15) is 5.26 Å². The van der Waals surface area contributed by atoms with Gasteiger partial charge in [-0.15, -0.1) is 0 Å². The van der Waals surface area contributed by atoms with Crippen LogP contribution in [0.1, 0.15) is 41.5 Å². The van der Waals surface area contributed by atoms with E-state index in [1.807, 2.05) is 18.7 Å². The molecule has 1 unspecified atom stereocenters. The summed E-state index contributed by atoms with van der Waals surface area (Å²) in [5.41, 5.74) is 0.154. The van der Waals surface area contributed by atoms with Crippen molar-refractivity contribution in [2.45, 2.75) is 41.5 Å². The first kappa shape index (κ1) is 14.0. The standard InChI is InChI=1S/C14H24N2O/c1-7-16(9-10(2)8-15)12(17)11-13(3,4)14(11,5)6/h10-11H,7,9H2,1-6H3. The number of nitrogens with zero attached hydrogens (tertiary/aromatic N) is 2. The molecule has 0 aromatic rings. The Labute approximate surface area is 105 Å². The molecule has 1 fully saturated rings. The lowest BCUT2D eigenvalue weighted by molar-refractivity contribution is -0.134. The van der Waals surface area contributed by atoms with Crippen molar-refractivity contribution in [1.29, 1.82) is 5.26 Å². The summed E-state index contributed by atoms with van der Waals surface area (Å²) >= 11 is 0. The summed E-state index contributed by atoms with van der Waals surface area (Å²) in [6, 6.07) is 2.19. The van der Waals surface area contributed by atoms with E-state index < -0.39 is 0 Å². The third-order valence-electron chi connectivity index (χ3n) is 4.68. The predicted molar refractivity (Wildman–Crippen MR) is 68.1 cm³/mol. The van der Waals surface area contributed by atoms with Gasteiger partial charge in [0.1, 0.15) is 0 Å². The topological polar surface area (TPSA) is 44.1 Å². The SMILES string of the molecule is CCN(CC(C)C#N)C(=O)C1C(C)(C)C1(C)C. The van der Waals surface area contributed by atoms with E-state index in [1.54, 1.807) is 0 Å². The molecule has 0 saturated heterocycles. The van der Waals surface area contributed by atoms with Crippen LogP contribution >= 0.6 is 0 Å². The van der Waals surface area contributed by atoms with E-state index in [1.165, 1.54) is 0 Å². The van der Waals surface area contributed by atoms with Crippen molar-refractivity contribution in [3.05, 3.63) is 0 Å². The minimum atomic E-state index is -0.0936. The number of hydrogen-bond acceptors (Lipinski definition) is 2. The molecule has 0 aromatic carbocycles. The van der Waals surface area contributed by atoms with E-state index in [4.69, 9.17) is 5.26 Å². The minimum Gasteiger partial charge on any atom is -0.341 e. The molecular formula is C14H24N2O. The lowest BCUT2D eigenvalue weighted by Gasteiger charge is -2.23. The Morgan fingerprint density at radius 3 is 2.12 bits per heavy atom. The van der Waals surface area contributed by atoms with Crippen LogP contribution in [0, 0.1) is 34.0 Å². The van der Waals surface area contributed by atoms with Crippen LogP contribution in [-0.4, -0.2) is 23.9 Å². The first-order chi connectivity index (χ1) is 7.70. The Morgan fingerprint density at radius 1 is 1.35 bits per heavy atom. The molecule has 1 rings (SSSR count). The summed E-state index contributed by atoms with van der Waals surface area (Å²) in [7, 11) is 0. The zero-order chi connectivity index (χ0) is 13.4. The van der Waals surface area contributed by atoms with Gasteiger partial charge >= 0.3 is 0 Å². The molecule has 0 aliphatic heterocycles. The Balaban J connectivity index is 2.74. The van der Waals surface area contributed by atoms with Crippen LogP contribution in [0.15, 0.2) is 0 Å². The molecule has 0 bridgehead atoms. The molecule has 0 spiro atoms. The molecule has 17 heavy (non-hydrogen) atoms. The number of carbonyl (C=O) groups excluding carboxylic acids is 1. The second-order valence-electron chi connectivity index (χ2n) is 6.28. The molecule has 0 N–H and O–H groups in total. The molecule has 0 radical (unpaired) electrons. The molecule has 0 heterocycles. The third-order valence-corrected chi connectivity index (χ3v) is 4.68. The highest BCUT2D eigenvalue weighted by atomic mass is 16.2. The maximum atomic E-state index is 12.4. The van der Waals surface area contributed by atoms with Crippen molar-refractivity contribution < 1.29 is 4.79 Å². The van der Waals surface area contributed by atoms with E-state index in [0.717, 1.165) is 0 Å². The van der Waals surface area contributed by atoms with Crippen LogP contribution in [0.5, 0.6) is 0 Å². The van der Waals surface area contributed by atoms with Gasteiger partial charge < -0.3 is 4.90 Å². The summed E-state index contributed by atoms with van der Waals surface area (Å²) in [4.78, 5) is 14.3. The van der Waals surface area contributed by atoms with Gasteiger partial charge in [0.25, 0.3) is 0 Å². The zero-order valence-corrected chi connectivity index (χ0v) is 11.9. The first-order valence-corrected chi connectivity index (χ1v) is 6.38. The van der Waals surface area contributed by atoms with Gasteiger partial charge in [-0.05, 0) is 24.7 Å². The van der Waals surface area contributed by atoms with Gasteiger partial charge in [-0.3, -0.25) is 4.79 Å². The quantitative estimate of drug-likeness (QED) is 0.753. The number of hydrogen-bond donors (Lipinski definition) is 0. The number of amides is 1. The maximum absolute atomic E-state index is 12.4. The van der Waals surface area contributed by atoms with E-state index in [-0.39, 0.29) is 28.6 Å². The first-order valence-electron chi connectivity index (χ1n) is 6.38. The molecular weight excluding hydrogens is 212 g/mol. The summed E-state index contributed by atoms with van der Waals surface area (Å²) in [5.74, 6) is 0.217. The fraction of sp³-hybridized carbons (Fsp3) is 0.857. The van der Waals surface area contributed by atoms with Crippen molar-refractivity contribution in [3.63, 3.8) is 0 Å². The van der Waals surface area contributed by atoms with Crippen LogP contribution in [0.3, 0.4) is 0 Å². The molecule has 3 heteroatoms. The molecule has 1 atom stereocenters. The molecule has 1 saturated carbocycles. The predicted octanol–water partition coefficient (Wildman–Crippen LogP) is 2.68. The summed E-state index contributed by atoms with van der Waals surface area (Å²) in [6.45, 7) is 13.7. The Kier molecular flexibility index (Phi) is 3.57. The molecule has 1 aliphatic rings. The highest BCUT2D eigenvalue weighted by Gasteiger charge is 2.68. The van der Waals surface area contributed by atoms with Crippen LogP contribution in [-0.2, 0) is 4.79 Å². The Bertz CT molecular complexity index is 338. The minimum absolute atomic E-state index is 0.0768. The smallest absolute Gasteiger partial charge is 0.226 e. The lowest BCUT2D eigenvalue weighted by Crippen LogP contribution is -2.36. The maximum Gasteiger partial charge on any atom is 0.226 e. The molecule has 1 amide bonds. The number of rotatable bonds is 4. The van der Waals surface area contributed by atoms with Crippen molar-refractivity contribution in [1.82, 2.24) is 4.90 Å². The van der Waals surface area contributed by atoms with Gasteiger partial charge in [-0.1, -0.05) is 27.7 Å². The summed E-state index contributed by atoms with van der Waals surface area (Å²) in [5, 5.41) is 8.83. The van der Waals surface area contributed by atoms with Crippen molar-refractivity contribution >= 4 is 5.91 Å². The molecule has 1 aliphatic carbocycles. The average molecular weight is 236 g/mol. The second-order valence-corrected chi connectivity index (χ2v) is 6.28. The van der Waals surface area contributed by atoms with E-state index in [9.17, 15) is 4.79 Å². The zero-order valence-electron chi connectivity index (χ0n) is 11.9. The Morgan fingerprint density at radius 2 is 1.82 bits per heavy atom. The monoisotopic (exact) mass is 236 g/mol. The lowest BCUT2D eigenvalue weighted by atomic mass is 10.0. The van der Waals surface area contributed by atoms with Crippen LogP contribution < -0.4 is 0 Å². The molecule has 96 valence electrons. The van der Waals surface area contributed by atoms with Crippen LogP contribution in [0.25, 0.3) is 0 Å². The third kappa shape index (κ3) is 2.18. The van der Waals surface area contributed by atoms with Gasteiger partial charge in [0.15, 0.2) is 0 Å². The number of carbonyl (C=O) groups is 1. The normalized spacial score (nSPS) is 22.6. The van der Waals surface area contributed by atoms with Crippen molar-refractivity contribution in [3.8, 4) is 6.07 Å². The summed E-state index contributed by atoms with van der Waals surface area (Å²) in [6.07, 6.45) is 0. The fourth-order valence-electron chi connectivity index (χ4n) is 2.74. The molecule has 3 nitrogen and oxygen atoms in total. The van der Waals surface area contributed by atoms with E-state index in [2.05, 4.69) is 33.8 Å². The average Bonchev–Trinajstić information content (AvgIpc) is 2.64. The summed E-state index contributed by atoms with van der Waals surface area (Å²) < 4.78 is 0. The fourth-order valence-corrected chi connectivity index (χ4v) is 2.74. The van der Waals surface area contributed by atoms with Crippen LogP contribution in [0.4, 0.5) is 0 Å². The van der Waals surface area contributed by atoms with Gasteiger partial charge in [0, 0.05) is 19.0 Å². The highest BCUT2D eigenvalue weighted by Crippen LogP contribution is 2.68. The number of nitriles is 1. The Hall–Kier alpha value is -1.04. The van der Waals surface area contributed by atoms with Crippen molar-refractivity contribution in [2.24, 2.45) is 22.7 Å². The highest BCUT2D eigenvalue weighted by molar-refractivity contribution is 5.84. The van der Waals surface area contributed by atoms with Crippen LogP contribution in [0.2, 0.25) is 0 Å². The van der Waals surface area contributed by atoms with E-state index in [0.29, 0.717) is 13.1 Å². The van der Waals surface area contributed by atoms with Crippen molar-refractivity contribution in [2.75, 3.05) is 13.1 Å². The molecule has 0 aromatic heterocycles. The van der Waals surface area contributed by atoms with Gasteiger partial charge in [-0.25, -0.2) is 0 Å². The van der Waals surface area contributed by atoms with E-state index >= 15 is 0 Å². The largest absolute Gasteiger partial charge is 0.341 e. The van der Waals surface area contributed by atoms with Gasteiger partial charge in [0.2, 0.25) is 5.91 Å². The van der Waals surface area contributed by atoms with Gasteiger partial charge in [0.05, 0.1) is 12.0 Å².